The van der Waals surface area contributed by atoms with Crippen LogP contribution in [0.25, 0.3) is 0 Å². The number of imidazole rings is 1. The van der Waals surface area contributed by atoms with Crippen LogP contribution < -0.4 is 5.32 Å². The summed E-state index contributed by atoms with van der Waals surface area (Å²) in [5.74, 6) is 1.08. The number of aryl methyl sites for hydroxylation is 2. The van der Waals surface area contributed by atoms with E-state index in [-0.39, 0.29) is 6.04 Å². The fourth-order valence-electron chi connectivity index (χ4n) is 2.01. The summed E-state index contributed by atoms with van der Waals surface area (Å²) >= 11 is 0. The van der Waals surface area contributed by atoms with E-state index in [9.17, 15) is 0 Å². The van der Waals surface area contributed by atoms with E-state index in [1.165, 1.54) is 5.56 Å². The first kappa shape index (κ1) is 11.8. The molecule has 2 aromatic heterocycles. The Kier molecular flexibility index (Phi) is 3.54. The van der Waals surface area contributed by atoms with Crippen molar-refractivity contribution < 1.29 is 0 Å². The average molecular weight is 230 g/mol. The summed E-state index contributed by atoms with van der Waals surface area (Å²) in [5.41, 5.74) is 2.30. The molecule has 0 fully saturated rings. The Morgan fingerprint density at radius 1 is 1.35 bits per heavy atom. The molecule has 0 radical (unpaired) electrons. The van der Waals surface area contributed by atoms with Crippen molar-refractivity contribution in [3.8, 4) is 0 Å². The van der Waals surface area contributed by atoms with Gasteiger partial charge in [-0.05, 0) is 25.6 Å². The second-order valence-corrected chi connectivity index (χ2v) is 4.18. The van der Waals surface area contributed by atoms with E-state index in [1.54, 1.807) is 0 Å². The maximum atomic E-state index is 4.36. The van der Waals surface area contributed by atoms with Crippen LogP contribution in [0.15, 0.2) is 30.7 Å². The van der Waals surface area contributed by atoms with Gasteiger partial charge in [0.1, 0.15) is 5.82 Å². The molecule has 1 atom stereocenters. The highest BCUT2D eigenvalue weighted by Gasteiger charge is 2.14. The summed E-state index contributed by atoms with van der Waals surface area (Å²) in [5, 5.41) is 3.33. The van der Waals surface area contributed by atoms with Gasteiger partial charge in [-0.15, -0.1) is 0 Å². The highest BCUT2D eigenvalue weighted by atomic mass is 15.0. The van der Waals surface area contributed by atoms with E-state index < -0.39 is 0 Å². The fourth-order valence-corrected chi connectivity index (χ4v) is 2.01. The molecule has 0 aliphatic rings. The van der Waals surface area contributed by atoms with Gasteiger partial charge >= 0.3 is 0 Å². The molecule has 2 aromatic rings. The zero-order valence-electron chi connectivity index (χ0n) is 10.5. The summed E-state index contributed by atoms with van der Waals surface area (Å²) < 4.78 is 2.05. The van der Waals surface area contributed by atoms with E-state index in [0.717, 1.165) is 17.9 Å². The summed E-state index contributed by atoms with van der Waals surface area (Å²) in [6.45, 7) is 2.04. The monoisotopic (exact) mass is 230 g/mol. The predicted molar refractivity (Wildman–Crippen MR) is 67.7 cm³/mol. The zero-order chi connectivity index (χ0) is 12.3. The van der Waals surface area contributed by atoms with Crippen molar-refractivity contribution in [2.75, 3.05) is 7.05 Å². The van der Waals surface area contributed by atoms with E-state index in [2.05, 4.69) is 25.9 Å². The Hall–Kier alpha value is -1.68. The number of aromatic nitrogens is 3. The fraction of sp³-hybridized carbons (Fsp3) is 0.385. The minimum atomic E-state index is 0.254. The van der Waals surface area contributed by atoms with Crippen LogP contribution in [0.5, 0.6) is 0 Å². The van der Waals surface area contributed by atoms with Crippen LogP contribution in [0.4, 0.5) is 0 Å². The van der Waals surface area contributed by atoms with Gasteiger partial charge in [-0.3, -0.25) is 4.98 Å². The minimum absolute atomic E-state index is 0.254. The normalized spacial score (nSPS) is 12.6. The molecule has 90 valence electrons. The standard InChI is InChI=1S/C13H18N4/c1-10-11(5-4-6-15-10)12(14-2)9-13-16-7-8-17(13)3/h4-8,12,14H,9H2,1-3H3. The molecule has 0 aliphatic heterocycles. The van der Waals surface area contributed by atoms with Crippen LogP contribution in [-0.2, 0) is 13.5 Å². The van der Waals surface area contributed by atoms with Gasteiger partial charge in [0.05, 0.1) is 0 Å². The van der Waals surface area contributed by atoms with Crippen molar-refractivity contribution >= 4 is 0 Å². The molecule has 4 nitrogen and oxygen atoms in total. The SMILES string of the molecule is CNC(Cc1nccn1C)c1cccnc1C. The van der Waals surface area contributed by atoms with Gasteiger partial charge in [-0.1, -0.05) is 6.07 Å². The van der Waals surface area contributed by atoms with Crippen LogP contribution in [0.2, 0.25) is 0 Å². The van der Waals surface area contributed by atoms with Gasteiger partial charge in [0.25, 0.3) is 0 Å². The third kappa shape index (κ3) is 2.53. The predicted octanol–water partition coefficient (Wildman–Crippen LogP) is 1.63. The van der Waals surface area contributed by atoms with Crippen molar-refractivity contribution in [2.24, 2.45) is 7.05 Å². The van der Waals surface area contributed by atoms with Gasteiger partial charge in [0.2, 0.25) is 0 Å². The largest absolute Gasteiger partial charge is 0.338 e. The van der Waals surface area contributed by atoms with E-state index in [4.69, 9.17) is 0 Å². The summed E-state index contributed by atoms with van der Waals surface area (Å²) in [4.78, 5) is 8.69. The van der Waals surface area contributed by atoms with Crippen LogP contribution in [0.1, 0.15) is 23.1 Å². The Balaban J connectivity index is 2.23. The molecule has 2 rings (SSSR count). The maximum Gasteiger partial charge on any atom is 0.110 e. The lowest BCUT2D eigenvalue weighted by molar-refractivity contribution is 0.559. The quantitative estimate of drug-likeness (QED) is 0.868. The van der Waals surface area contributed by atoms with E-state index in [1.807, 2.05) is 45.7 Å². The Labute approximate surface area is 102 Å². The molecule has 0 saturated carbocycles. The smallest absolute Gasteiger partial charge is 0.110 e. The topological polar surface area (TPSA) is 42.7 Å². The molecule has 17 heavy (non-hydrogen) atoms. The second kappa shape index (κ2) is 5.10. The van der Waals surface area contributed by atoms with Crippen LogP contribution in [0, 0.1) is 6.92 Å². The van der Waals surface area contributed by atoms with Crippen molar-refractivity contribution in [1.29, 1.82) is 0 Å². The molecule has 1 unspecified atom stereocenters. The lowest BCUT2D eigenvalue weighted by atomic mass is 10.0. The van der Waals surface area contributed by atoms with Gasteiger partial charge in [-0.2, -0.15) is 0 Å². The molecule has 0 bridgehead atoms. The van der Waals surface area contributed by atoms with Crippen LogP contribution >= 0.6 is 0 Å². The number of rotatable bonds is 4. The molecular formula is C13H18N4. The van der Waals surface area contributed by atoms with Crippen molar-refractivity contribution in [3.05, 3.63) is 47.8 Å². The number of hydrogen-bond donors (Lipinski definition) is 1. The number of hydrogen-bond acceptors (Lipinski definition) is 3. The summed E-state index contributed by atoms with van der Waals surface area (Å²) in [7, 11) is 3.99. The lowest BCUT2D eigenvalue weighted by Crippen LogP contribution is -2.21. The molecular weight excluding hydrogens is 212 g/mol. The Morgan fingerprint density at radius 2 is 2.18 bits per heavy atom. The third-order valence-electron chi connectivity index (χ3n) is 3.08. The summed E-state index contributed by atoms with van der Waals surface area (Å²) in [6, 6.07) is 4.35. The summed E-state index contributed by atoms with van der Waals surface area (Å²) in [6.07, 6.45) is 6.50. The van der Waals surface area contributed by atoms with Gasteiger partial charge < -0.3 is 9.88 Å². The molecule has 0 amide bonds. The molecule has 0 aliphatic carbocycles. The molecule has 0 spiro atoms. The van der Waals surface area contributed by atoms with E-state index in [0.29, 0.717) is 0 Å². The Bertz CT molecular complexity index is 490. The molecule has 4 heteroatoms. The third-order valence-corrected chi connectivity index (χ3v) is 3.08. The minimum Gasteiger partial charge on any atom is -0.338 e. The lowest BCUT2D eigenvalue weighted by Gasteiger charge is -2.17. The number of pyridine rings is 1. The molecule has 1 N–H and O–H groups in total. The van der Waals surface area contributed by atoms with Gasteiger partial charge in [0, 0.05) is 43.8 Å². The van der Waals surface area contributed by atoms with Crippen LogP contribution in [-0.4, -0.2) is 21.6 Å². The molecule has 0 aromatic carbocycles. The highest BCUT2D eigenvalue weighted by Crippen LogP contribution is 2.19. The first-order chi connectivity index (χ1) is 8.22. The first-order valence-electron chi connectivity index (χ1n) is 5.77. The first-order valence-corrected chi connectivity index (χ1v) is 5.77. The second-order valence-electron chi connectivity index (χ2n) is 4.18. The zero-order valence-corrected chi connectivity index (χ0v) is 10.5. The van der Waals surface area contributed by atoms with Gasteiger partial charge in [0.15, 0.2) is 0 Å². The number of likely N-dealkylation sites (N-methyl/N-ethyl adjacent to an activating group) is 1. The van der Waals surface area contributed by atoms with E-state index >= 15 is 0 Å². The highest BCUT2D eigenvalue weighted by molar-refractivity contribution is 5.23. The maximum absolute atomic E-state index is 4.36. The van der Waals surface area contributed by atoms with Gasteiger partial charge in [-0.25, -0.2) is 4.98 Å². The van der Waals surface area contributed by atoms with Crippen molar-refractivity contribution in [1.82, 2.24) is 19.9 Å². The van der Waals surface area contributed by atoms with Crippen molar-refractivity contribution in [2.45, 2.75) is 19.4 Å². The Morgan fingerprint density at radius 3 is 2.76 bits per heavy atom. The number of nitrogens with one attached hydrogen (secondary N) is 1. The van der Waals surface area contributed by atoms with Crippen LogP contribution in [0.3, 0.4) is 0 Å². The van der Waals surface area contributed by atoms with Crippen molar-refractivity contribution in [3.63, 3.8) is 0 Å². The average Bonchev–Trinajstić information content (AvgIpc) is 2.73. The molecule has 2 heterocycles. The number of nitrogens with zero attached hydrogens (tertiary/aromatic N) is 3. The molecule has 0 saturated heterocycles.